The van der Waals surface area contributed by atoms with Crippen LogP contribution in [0.1, 0.15) is 6.42 Å². The summed E-state index contributed by atoms with van der Waals surface area (Å²) in [7, 11) is 0. The van der Waals surface area contributed by atoms with Crippen molar-refractivity contribution in [2.24, 2.45) is 0 Å². The number of hydrogen-bond acceptors (Lipinski definition) is 2. The van der Waals surface area contributed by atoms with Crippen LogP contribution in [0.5, 0.6) is 0 Å². The van der Waals surface area contributed by atoms with E-state index in [4.69, 9.17) is 5.11 Å². The van der Waals surface area contributed by atoms with E-state index >= 15 is 0 Å². The Morgan fingerprint density at radius 2 is 1.60 bits per heavy atom. The minimum Gasteiger partial charge on any atom is -0.477 e. The fourth-order valence-corrected chi connectivity index (χ4v) is 0.540. The molecule has 0 aliphatic rings. The molecule has 0 aromatic rings. The molecule has 0 aliphatic carbocycles. The molecule has 0 rings (SSSR count). The second-order valence-corrected chi connectivity index (χ2v) is 2.51. The lowest BCUT2D eigenvalue weighted by molar-refractivity contribution is -0.174. The summed E-state index contributed by atoms with van der Waals surface area (Å²) in [6.07, 6.45) is -6.57. The Labute approximate surface area is 80.1 Å². The molecule has 0 saturated heterocycles. The Bertz CT molecular complexity index is 262. The maximum absolute atomic E-state index is 12.3. The van der Waals surface area contributed by atoms with E-state index in [2.05, 4.69) is 0 Å². The molecule has 0 fully saturated rings. The van der Waals surface area contributed by atoms with Gasteiger partial charge in [0.15, 0.2) is 0 Å². The van der Waals surface area contributed by atoms with Crippen molar-refractivity contribution in [2.75, 3.05) is 6.54 Å². The van der Waals surface area contributed by atoms with Crippen LogP contribution in [0.3, 0.4) is 0 Å². The quantitative estimate of drug-likeness (QED) is 0.707. The van der Waals surface area contributed by atoms with E-state index in [1.54, 1.807) is 0 Å². The Balaban J connectivity index is 4.01. The predicted octanol–water partition coefficient (Wildman–Crippen LogP) is 0.775. The summed E-state index contributed by atoms with van der Waals surface area (Å²) in [6, 6.07) is 0. The van der Waals surface area contributed by atoms with Gasteiger partial charge in [-0.25, -0.2) is 4.79 Å². The van der Waals surface area contributed by atoms with Crippen LogP contribution in [0.2, 0.25) is 0 Å². The van der Waals surface area contributed by atoms with E-state index in [0.29, 0.717) is 0 Å². The molecule has 4 nitrogen and oxygen atoms in total. The van der Waals surface area contributed by atoms with Gasteiger partial charge in [0, 0.05) is 13.0 Å². The topological polar surface area (TPSA) is 66.4 Å². The van der Waals surface area contributed by atoms with E-state index in [0.717, 1.165) is 5.32 Å². The summed E-state index contributed by atoms with van der Waals surface area (Å²) in [6.45, 7) is -1.07. The van der Waals surface area contributed by atoms with Crippen molar-refractivity contribution in [2.45, 2.75) is 18.5 Å². The molecule has 0 unspecified atom stereocenters. The molecular weight excluding hydrogens is 229 g/mol. The maximum atomic E-state index is 12.3. The van der Waals surface area contributed by atoms with Crippen LogP contribution in [0, 0.1) is 0 Å². The lowest BCUT2D eigenvalue weighted by Gasteiger charge is -2.12. The molecule has 0 aromatic heterocycles. The first kappa shape index (κ1) is 13.6. The van der Waals surface area contributed by atoms with Gasteiger partial charge in [0.05, 0.1) is 0 Å². The highest BCUT2D eigenvalue weighted by molar-refractivity contribution is 5.81. The zero-order chi connectivity index (χ0) is 12.3. The van der Waals surface area contributed by atoms with Crippen LogP contribution in [0.25, 0.3) is 0 Å². The molecular formula is C6H6F5NO3. The first-order valence-corrected chi connectivity index (χ1v) is 3.53. The lowest BCUT2D eigenvalue weighted by atomic mass is 10.2. The molecule has 88 valence electrons. The normalized spacial score (nSPS) is 12.3. The SMILES string of the molecule is O=C(NCCC(F)(F)C(=O)O)C(F)(F)F. The van der Waals surface area contributed by atoms with E-state index in [1.165, 1.54) is 0 Å². The van der Waals surface area contributed by atoms with Crippen molar-refractivity contribution in [3.8, 4) is 0 Å². The molecule has 0 heterocycles. The summed E-state index contributed by atoms with van der Waals surface area (Å²) < 4.78 is 59.1. The van der Waals surface area contributed by atoms with Crippen molar-refractivity contribution in [1.29, 1.82) is 0 Å². The molecule has 0 atom stereocenters. The molecule has 0 aromatic carbocycles. The largest absolute Gasteiger partial charge is 0.477 e. The highest BCUT2D eigenvalue weighted by Gasteiger charge is 2.41. The molecule has 0 aliphatic heterocycles. The molecule has 0 radical (unpaired) electrons. The summed E-state index contributed by atoms with van der Waals surface area (Å²) in [4.78, 5) is 19.9. The van der Waals surface area contributed by atoms with Crippen molar-refractivity contribution in [1.82, 2.24) is 5.32 Å². The molecule has 15 heavy (non-hydrogen) atoms. The zero-order valence-electron chi connectivity index (χ0n) is 7.07. The smallest absolute Gasteiger partial charge is 0.471 e. The Kier molecular flexibility index (Phi) is 3.99. The van der Waals surface area contributed by atoms with Gasteiger partial charge in [-0.15, -0.1) is 0 Å². The summed E-state index contributed by atoms with van der Waals surface area (Å²) >= 11 is 0. The van der Waals surface area contributed by atoms with Gasteiger partial charge in [-0.3, -0.25) is 4.79 Å². The van der Waals surface area contributed by atoms with Gasteiger partial charge in [-0.2, -0.15) is 22.0 Å². The maximum Gasteiger partial charge on any atom is 0.471 e. The van der Waals surface area contributed by atoms with Gasteiger partial charge in [0.1, 0.15) is 0 Å². The first-order valence-electron chi connectivity index (χ1n) is 3.53. The summed E-state index contributed by atoms with van der Waals surface area (Å²) in [5.41, 5.74) is 0. The van der Waals surface area contributed by atoms with Crippen LogP contribution in [0.4, 0.5) is 22.0 Å². The first-order chi connectivity index (χ1) is 6.57. The highest BCUT2D eigenvalue weighted by Crippen LogP contribution is 2.18. The zero-order valence-corrected chi connectivity index (χ0v) is 7.07. The van der Waals surface area contributed by atoms with E-state index < -0.39 is 36.9 Å². The van der Waals surface area contributed by atoms with Gasteiger partial charge in [0.2, 0.25) is 0 Å². The van der Waals surface area contributed by atoms with Crippen molar-refractivity contribution >= 4 is 11.9 Å². The molecule has 9 heteroatoms. The van der Waals surface area contributed by atoms with Gasteiger partial charge in [0.25, 0.3) is 0 Å². The number of carbonyl (C=O) groups excluding carboxylic acids is 1. The average Bonchev–Trinajstić information content (AvgIpc) is 2.01. The van der Waals surface area contributed by atoms with Crippen LogP contribution in [-0.2, 0) is 9.59 Å². The molecule has 1 amide bonds. The number of carboxylic acid groups (broad SMARTS) is 1. The van der Waals surface area contributed by atoms with Gasteiger partial charge in [-0.05, 0) is 0 Å². The predicted molar refractivity (Wildman–Crippen MR) is 36.3 cm³/mol. The number of rotatable bonds is 4. The number of halogens is 5. The molecule has 2 N–H and O–H groups in total. The summed E-state index contributed by atoms with van der Waals surface area (Å²) in [5.74, 6) is -8.99. The van der Waals surface area contributed by atoms with Crippen LogP contribution < -0.4 is 5.32 Å². The minimum atomic E-state index is -5.17. The Morgan fingerprint density at radius 3 is 1.93 bits per heavy atom. The molecule has 0 saturated carbocycles. The third kappa shape index (κ3) is 4.56. The number of alkyl halides is 5. The van der Waals surface area contributed by atoms with Crippen molar-refractivity contribution in [3.05, 3.63) is 0 Å². The molecule has 0 spiro atoms. The second kappa shape index (κ2) is 4.41. The number of aliphatic carboxylic acids is 1. The summed E-state index contributed by atoms with van der Waals surface area (Å²) in [5, 5.41) is 9.01. The average molecular weight is 235 g/mol. The van der Waals surface area contributed by atoms with Crippen LogP contribution >= 0.6 is 0 Å². The lowest BCUT2D eigenvalue weighted by Crippen LogP contribution is -2.40. The Hall–Kier alpha value is -1.41. The van der Waals surface area contributed by atoms with Crippen LogP contribution in [0.15, 0.2) is 0 Å². The van der Waals surface area contributed by atoms with Crippen LogP contribution in [-0.4, -0.2) is 35.6 Å². The number of carboxylic acids is 1. The monoisotopic (exact) mass is 235 g/mol. The minimum absolute atomic E-state index is 1.07. The fraction of sp³-hybridized carbons (Fsp3) is 0.667. The third-order valence-corrected chi connectivity index (χ3v) is 1.29. The van der Waals surface area contributed by atoms with Crippen molar-refractivity contribution < 1.29 is 36.6 Å². The van der Waals surface area contributed by atoms with Crippen molar-refractivity contribution in [3.63, 3.8) is 0 Å². The molecule has 0 bridgehead atoms. The number of nitrogens with one attached hydrogen (secondary N) is 1. The van der Waals surface area contributed by atoms with E-state index in [9.17, 15) is 31.5 Å². The number of amides is 1. The van der Waals surface area contributed by atoms with E-state index in [-0.39, 0.29) is 0 Å². The van der Waals surface area contributed by atoms with Gasteiger partial charge in [-0.1, -0.05) is 0 Å². The number of hydrogen-bond donors (Lipinski definition) is 2. The standard InChI is InChI=1S/C6H6F5NO3/c7-5(8,4(14)15)1-2-12-3(13)6(9,10)11/h1-2H2,(H,12,13)(H,14,15). The Morgan fingerprint density at radius 1 is 1.13 bits per heavy atom. The fourth-order valence-electron chi connectivity index (χ4n) is 0.540. The van der Waals surface area contributed by atoms with E-state index in [1.807, 2.05) is 0 Å². The van der Waals surface area contributed by atoms with Gasteiger partial charge < -0.3 is 10.4 Å². The second-order valence-electron chi connectivity index (χ2n) is 2.51. The third-order valence-electron chi connectivity index (χ3n) is 1.29. The highest BCUT2D eigenvalue weighted by atomic mass is 19.4. The van der Waals surface area contributed by atoms with Gasteiger partial charge >= 0.3 is 24.0 Å². The number of carbonyl (C=O) groups is 2.